The van der Waals surface area contributed by atoms with Crippen molar-refractivity contribution < 1.29 is 27.5 Å². The number of hydrogen-bond donors (Lipinski definition) is 1. The number of alkyl halides is 3. The molecule has 1 N–H and O–H groups in total. The minimum Gasteiger partial charge on any atom is -0.460 e. The quantitative estimate of drug-likeness (QED) is 0.281. The third-order valence-corrected chi connectivity index (χ3v) is 7.44. The van der Waals surface area contributed by atoms with Crippen LogP contribution in [-0.4, -0.2) is 23.7 Å². The smallest absolute Gasteiger partial charge is 0.392 e. The Morgan fingerprint density at radius 1 is 0.974 bits per heavy atom. The molecule has 3 aromatic rings. The predicted octanol–water partition coefficient (Wildman–Crippen LogP) is 8.64. The Morgan fingerprint density at radius 2 is 1.62 bits per heavy atom. The van der Waals surface area contributed by atoms with E-state index in [-0.39, 0.29) is 40.5 Å². The fourth-order valence-electron chi connectivity index (χ4n) is 4.96. The van der Waals surface area contributed by atoms with Crippen molar-refractivity contribution in [3.63, 3.8) is 0 Å². The SMILES string of the molecule is C[C@H]([C@@H](C(=O)Nc1cc([C@@H](CC(=O)OC(C)(C)C)C2CC2)ccc1Cl)c1ccc2ccccc2c1)C(F)(F)F. The summed E-state index contributed by atoms with van der Waals surface area (Å²) in [5.41, 5.74) is 0.657. The summed E-state index contributed by atoms with van der Waals surface area (Å²) in [5, 5.41) is 4.49. The Bertz CT molecular complexity index is 1360. The molecule has 208 valence electrons. The van der Waals surface area contributed by atoms with Crippen LogP contribution in [-0.2, 0) is 14.3 Å². The van der Waals surface area contributed by atoms with Gasteiger partial charge in [0, 0.05) is 0 Å². The summed E-state index contributed by atoms with van der Waals surface area (Å²) in [4.78, 5) is 26.1. The fraction of sp³-hybridized carbons (Fsp3) is 0.419. The second-order valence-corrected chi connectivity index (χ2v) is 11.8. The van der Waals surface area contributed by atoms with E-state index in [9.17, 15) is 22.8 Å². The molecule has 39 heavy (non-hydrogen) atoms. The van der Waals surface area contributed by atoms with E-state index in [2.05, 4.69) is 5.32 Å². The van der Waals surface area contributed by atoms with Crippen LogP contribution in [0.2, 0.25) is 5.02 Å². The first-order valence-corrected chi connectivity index (χ1v) is 13.5. The summed E-state index contributed by atoms with van der Waals surface area (Å²) < 4.78 is 47.3. The first-order chi connectivity index (χ1) is 18.2. The molecule has 0 unspecified atom stereocenters. The Hall–Kier alpha value is -3.06. The van der Waals surface area contributed by atoms with Gasteiger partial charge < -0.3 is 10.1 Å². The number of benzene rings is 3. The van der Waals surface area contributed by atoms with Crippen molar-refractivity contribution in [1.29, 1.82) is 0 Å². The minimum absolute atomic E-state index is 0.141. The molecule has 0 saturated heterocycles. The van der Waals surface area contributed by atoms with Crippen LogP contribution in [0.15, 0.2) is 60.7 Å². The van der Waals surface area contributed by atoms with Crippen molar-refractivity contribution >= 4 is 39.9 Å². The van der Waals surface area contributed by atoms with Gasteiger partial charge in [0.1, 0.15) is 5.60 Å². The first kappa shape index (κ1) is 28.9. The van der Waals surface area contributed by atoms with Crippen LogP contribution in [0.5, 0.6) is 0 Å². The maximum atomic E-state index is 13.9. The van der Waals surface area contributed by atoms with E-state index in [4.69, 9.17) is 16.3 Å². The standard InChI is InChI=1S/C31H33ClF3NO3/c1-18(31(33,34)35)28(23-12-9-19-7-5-6-8-21(19)15-23)29(38)36-26-16-22(13-14-25(26)32)24(20-10-11-20)17-27(37)39-30(2,3)4/h5-9,12-16,18,20,24,28H,10-11,17H2,1-4H3,(H,36,38)/t18-,24+,28-/m1/s1. The Kier molecular flexibility index (Phi) is 8.31. The molecule has 8 heteroatoms. The topological polar surface area (TPSA) is 55.4 Å². The molecule has 0 heterocycles. The monoisotopic (exact) mass is 559 g/mol. The summed E-state index contributed by atoms with van der Waals surface area (Å²) >= 11 is 6.40. The number of fused-ring (bicyclic) bond motifs is 1. The Balaban J connectivity index is 1.63. The highest BCUT2D eigenvalue weighted by Crippen LogP contribution is 2.46. The van der Waals surface area contributed by atoms with Crippen molar-refractivity contribution in [2.45, 2.75) is 70.6 Å². The summed E-state index contributed by atoms with van der Waals surface area (Å²) in [6, 6.07) is 17.3. The molecule has 4 rings (SSSR count). The average Bonchev–Trinajstić information content (AvgIpc) is 3.68. The van der Waals surface area contributed by atoms with Crippen LogP contribution >= 0.6 is 11.6 Å². The van der Waals surface area contributed by atoms with Crippen molar-refractivity contribution in [2.75, 3.05) is 5.32 Å². The molecule has 4 nitrogen and oxygen atoms in total. The molecule has 3 atom stereocenters. The van der Waals surface area contributed by atoms with Gasteiger partial charge in [-0.3, -0.25) is 9.59 Å². The van der Waals surface area contributed by atoms with Gasteiger partial charge in [0.2, 0.25) is 5.91 Å². The molecular formula is C31H33ClF3NO3. The lowest BCUT2D eigenvalue weighted by Crippen LogP contribution is -2.34. The largest absolute Gasteiger partial charge is 0.460 e. The van der Waals surface area contributed by atoms with Crippen molar-refractivity contribution in [2.24, 2.45) is 11.8 Å². The summed E-state index contributed by atoms with van der Waals surface area (Å²) in [7, 11) is 0. The number of nitrogens with one attached hydrogen (secondary N) is 1. The molecule has 0 aliphatic heterocycles. The molecule has 0 spiro atoms. The highest BCUT2D eigenvalue weighted by Gasteiger charge is 2.45. The number of halogens is 4. The number of amides is 1. The number of hydrogen-bond acceptors (Lipinski definition) is 3. The molecular weight excluding hydrogens is 527 g/mol. The van der Waals surface area contributed by atoms with Crippen LogP contribution in [0, 0.1) is 11.8 Å². The lowest BCUT2D eigenvalue weighted by molar-refractivity contribution is -0.178. The van der Waals surface area contributed by atoms with Crippen molar-refractivity contribution in [1.82, 2.24) is 0 Å². The molecule has 3 aromatic carbocycles. The van der Waals surface area contributed by atoms with E-state index in [0.717, 1.165) is 36.1 Å². The highest BCUT2D eigenvalue weighted by molar-refractivity contribution is 6.33. The van der Waals surface area contributed by atoms with E-state index in [1.54, 1.807) is 69.3 Å². The molecule has 1 aliphatic rings. The van der Waals surface area contributed by atoms with Crippen LogP contribution in [0.4, 0.5) is 18.9 Å². The predicted molar refractivity (Wildman–Crippen MR) is 148 cm³/mol. The van der Waals surface area contributed by atoms with Crippen LogP contribution in [0.3, 0.4) is 0 Å². The van der Waals surface area contributed by atoms with Gasteiger partial charge in [-0.2, -0.15) is 13.2 Å². The van der Waals surface area contributed by atoms with E-state index in [0.29, 0.717) is 0 Å². The summed E-state index contributed by atoms with van der Waals surface area (Å²) in [6.45, 7) is 6.43. The maximum Gasteiger partial charge on any atom is 0.392 e. The average molecular weight is 560 g/mol. The lowest BCUT2D eigenvalue weighted by Gasteiger charge is -2.26. The molecule has 1 saturated carbocycles. The zero-order valence-electron chi connectivity index (χ0n) is 22.4. The Morgan fingerprint density at radius 3 is 2.23 bits per heavy atom. The second kappa shape index (κ2) is 11.2. The number of rotatable bonds is 8. The third kappa shape index (κ3) is 7.33. The van der Waals surface area contributed by atoms with Gasteiger partial charge >= 0.3 is 12.1 Å². The number of carbonyl (C=O) groups is 2. The molecule has 0 bridgehead atoms. The van der Waals surface area contributed by atoms with Gasteiger partial charge in [-0.15, -0.1) is 0 Å². The van der Waals surface area contributed by atoms with E-state index in [1.165, 1.54) is 0 Å². The number of ether oxygens (including phenoxy) is 1. The third-order valence-electron chi connectivity index (χ3n) is 7.11. The van der Waals surface area contributed by atoms with Crippen molar-refractivity contribution in [3.05, 3.63) is 76.8 Å². The molecule has 0 radical (unpaired) electrons. The first-order valence-electron chi connectivity index (χ1n) is 13.1. The number of esters is 1. The molecule has 1 fully saturated rings. The summed E-state index contributed by atoms with van der Waals surface area (Å²) in [5.74, 6) is -4.40. The van der Waals surface area contributed by atoms with Crippen molar-refractivity contribution in [3.8, 4) is 0 Å². The second-order valence-electron chi connectivity index (χ2n) is 11.4. The van der Waals surface area contributed by atoms with Gasteiger partial charge in [0.05, 0.1) is 29.0 Å². The minimum atomic E-state index is -4.59. The lowest BCUT2D eigenvalue weighted by atomic mass is 9.84. The van der Waals surface area contributed by atoms with E-state index >= 15 is 0 Å². The normalized spacial score (nSPS) is 16.4. The van der Waals surface area contributed by atoms with E-state index in [1.807, 2.05) is 12.1 Å². The van der Waals surface area contributed by atoms with Crippen LogP contribution < -0.4 is 5.32 Å². The Labute approximate surface area is 231 Å². The molecule has 1 amide bonds. The van der Waals surface area contributed by atoms with Gasteiger partial charge in [0.15, 0.2) is 0 Å². The van der Waals surface area contributed by atoms with E-state index < -0.39 is 29.5 Å². The van der Waals surface area contributed by atoms with Gasteiger partial charge in [-0.25, -0.2) is 0 Å². The zero-order valence-corrected chi connectivity index (χ0v) is 23.2. The van der Waals surface area contributed by atoms with Gasteiger partial charge in [-0.1, -0.05) is 67.1 Å². The van der Waals surface area contributed by atoms with Crippen LogP contribution in [0.25, 0.3) is 10.8 Å². The van der Waals surface area contributed by atoms with Gasteiger partial charge in [0.25, 0.3) is 0 Å². The van der Waals surface area contributed by atoms with Crippen LogP contribution in [0.1, 0.15) is 69.9 Å². The maximum absolute atomic E-state index is 13.9. The number of carbonyl (C=O) groups excluding carboxylic acids is 2. The zero-order chi connectivity index (χ0) is 28.5. The number of anilines is 1. The molecule has 1 aliphatic carbocycles. The summed E-state index contributed by atoms with van der Waals surface area (Å²) in [6.07, 6.45) is -2.50. The highest BCUT2D eigenvalue weighted by atomic mass is 35.5. The van der Waals surface area contributed by atoms with Gasteiger partial charge in [-0.05, 0) is 79.5 Å². The fourth-order valence-corrected chi connectivity index (χ4v) is 5.12. The molecule has 0 aromatic heterocycles.